The monoisotopic (exact) mass is 283 g/mol. The minimum atomic E-state index is -0.936. The molecule has 106 valence electrons. The molecule has 1 amide bonds. The fraction of sp³-hybridized carbons (Fsp3) is 0.538. The van der Waals surface area contributed by atoms with Crippen LogP contribution in [-0.4, -0.2) is 33.2 Å². The molecule has 0 aliphatic heterocycles. The van der Waals surface area contributed by atoms with Crippen LogP contribution in [-0.2, 0) is 10.8 Å². The molecule has 2 unspecified atom stereocenters. The molecule has 6 heteroatoms. The van der Waals surface area contributed by atoms with E-state index in [1.165, 1.54) is 0 Å². The molecule has 19 heavy (non-hydrogen) atoms. The molecule has 0 radical (unpaired) electrons. The Bertz CT molecular complexity index is 489. The molecule has 0 saturated carbocycles. The predicted octanol–water partition coefficient (Wildman–Crippen LogP) is 1.28. The van der Waals surface area contributed by atoms with Gasteiger partial charge in [-0.05, 0) is 25.0 Å². The van der Waals surface area contributed by atoms with E-state index in [0.717, 1.165) is 5.69 Å². The first-order valence-electron chi connectivity index (χ1n) is 6.18. The van der Waals surface area contributed by atoms with Crippen molar-refractivity contribution in [3.8, 4) is 0 Å². The Morgan fingerprint density at radius 2 is 2.05 bits per heavy atom. The summed E-state index contributed by atoms with van der Waals surface area (Å²) in [5, 5.41) is 2.81. The molecule has 0 saturated heterocycles. The van der Waals surface area contributed by atoms with Crippen LogP contribution in [0.2, 0.25) is 0 Å². The van der Waals surface area contributed by atoms with Gasteiger partial charge in [-0.2, -0.15) is 0 Å². The number of pyridine rings is 1. The van der Waals surface area contributed by atoms with Crippen LogP contribution in [0.5, 0.6) is 0 Å². The van der Waals surface area contributed by atoms with E-state index >= 15 is 0 Å². The van der Waals surface area contributed by atoms with Gasteiger partial charge in [0, 0.05) is 40.1 Å². The Balaban J connectivity index is 2.85. The molecule has 0 aliphatic carbocycles. The second kappa shape index (κ2) is 6.65. The zero-order valence-corrected chi connectivity index (χ0v) is 12.6. The van der Waals surface area contributed by atoms with Crippen molar-refractivity contribution in [2.75, 3.05) is 17.7 Å². The third-order valence-electron chi connectivity index (χ3n) is 2.58. The van der Waals surface area contributed by atoms with Crippen LogP contribution in [0.1, 0.15) is 42.7 Å². The Morgan fingerprint density at radius 1 is 1.42 bits per heavy atom. The maximum Gasteiger partial charge on any atom is 0.251 e. The standard InChI is InChI=1S/C13H21N3O2S/c1-8(2)11-5-10(6-12(14)16-11)13(17)15-9(3)7-19(4)18/h5-6,8-9H,7H2,1-4H3,(H2,14,16)(H,15,17). The lowest BCUT2D eigenvalue weighted by atomic mass is 10.1. The minimum Gasteiger partial charge on any atom is -0.384 e. The van der Waals surface area contributed by atoms with E-state index in [1.54, 1.807) is 18.4 Å². The normalized spacial score (nSPS) is 14.2. The third kappa shape index (κ3) is 4.98. The molecule has 1 rings (SSSR count). The Hall–Kier alpha value is -1.43. The van der Waals surface area contributed by atoms with Gasteiger partial charge in [-0.15, -0.1) is 0 Å². The number of anilines is 1. The molecule has 0 aliphatic rings. The quantitative estimate of drug-likeness (QED) is 0.852. The van der Waals surface area contributed by atoms with E-state index in [1.807, 2.05) is 20.8 Å². The predicted molar refractivity (Wildman–Crippen MR) is 78.6 cm³/mol. The van der Waals surface area contributed by atoms with Gasteiger partial charge in [0.15, 0.2) is 0 Å². The molecular formula is C13H21N3O2S. The molecule has 2 atom stereocenters. The lowest BCUT2D eigenvalue weighted by Gasteiger charge is -2.14. The highest BCUT2D eigenvalue weighted by atomic mass is 32.2. The van der Waals surface area contributed by atoms with Gasteiger partial charge < -0.3 is 11.1 Å². The van der Waals surface area contributed by atoms with Gasteiger partial charge in [0.1, 0.15) is 5.82 Å². The van der Waals surface area contributed by atoms with E-state index in [-0.39, 0.29) is 17.9 Å². The van der Waals surface area contributed by atoms with E-state index < -0.39 is 10.8 Å². The van der Waals surface area contributed by atoms with Crippen LogP contribution in [0.4, 0.5) is 5.82 Å². The van der Waals surface area contributed by atoms with Gasteiger partial charge in [0.2, 0.25) is 0 Å². The van der Waals surface area contributed by atoms with Crippen LogP contribution in [0.25, 0.3) is 0 Å². The molecule has 5 nitrogen and oxygen atoms in total. The maximum atomic E-state index is 12.1. The lowest BCUT2D eigenvalue weighted by Crippen LogP contribution is -2.36. The van der Waals surface area contributed by atoms with Crippen molar-refractivity contribution in [3.05, 3.63) is 23.4 Å². The molecule has 3 N–H and O–H groups in total. The number of carbonyl (C=O) groups is 1. The van der Waals surface area contributed by atoms with Crippen LogP contribution < -0.4 is 11.1 Å². The number of rotatable bonds is 5. The van der Waals surface area contributed by atoms with E-state index in [4.69, 9.17) is 5.73 Å². The smallest absolute Gasteiger partial charge is 0.251 e. The van der Waals surface area contributed by atoms with Crippen molar-refractivity contribution in [2.45, 2.75) is 32.7 Å². The fourth-order valence-corrected chi connectivity index (χ4v) is 2.49. The number of carbonyl (C=O) groups excluding carboxylic acids is 1. The van der Waals surface area contributed by atoms with Crippen molar-refractivity contribution in [1.29, 1.82) is 0 Å². The summed E-state index contributed by atoms with van der Waals surface area (Å²) in [6.45, 7) is 5.81. The number of nitrogens with one attached hydrogen (secondary N) is 1. The Labute approximate surface area is 116 Å². The second-order valence-corrected chi connectivity index (χ2v) is 6.45. The van der Waals surface area contributed by atoms with Crippen molar-refractivity contribution < 1.29 is 9.00 Å². The summed E-state index contributed by atoms with van der Waals surface area (Å²) in [7, 11) is -0.936. The SMILES string of the molecule is CC(CS(C)=O)NC(=O)c1cc(N)nc(C(C)C)c1. The Kier molecular flexibility index (Phi) is 5.47. The fourth-order valence-electron chi connectivity index (χ4n) is 1.70. The number of nitrogens with two attached hydrogens (primary N) is 1. The second-order valence-electron chi connectivity index (χ2n) is 4.97. The molecule has 0 fully saturated rings. The first-order valence-corrected chi connectivity index (χ1v) is 7.90. The lowest BCUT2D eigenvalue weighted by molar-refractivity contribution is 0.0943. The highest BCUT2D eigenvalue weighted by Crippen LogP contribution is 2.16. The first-order chi connectivity index (χ1) is 8.79. The highest BCUT2D eigenvalue weighted by Gasteiger charge is 2.13. The zero-order chi connectivity index (χ0) is 14.6. The van der Waals surface area contributed by atoms with E-state index in [9.17, 15) is 9.00 Å². The summed E-state index contributed by atoms with van der Waals surface area (Å²) in [5.41, 5.74) is 6.99. The largest absolute Gasteiger partial charge is 0.384 e. The summed E-state index contributed by atoms with van der Waals surface area (Å²) in [6, 6.07) is 3.15. The summed E-state index contributed by atoms with van der Waals surface area (Å²) in [4.78, 5) is 16.3. The third-order valence-corrected chi connectivity index (χ3v) is 3.55. The number of amides is 1. The topological polar surface area (TPSA) is 85.1 Å². The average Bonchev–Trinajstić information content (AvgIpc) is 2.26. The van der Waals surface area contributed by atoms with Gasteiger partial charge >= 0.3 is 0 Å². The van der Waals surface area contributed by atoms with Gasteiger partial charge in [-0.1, -0.05) is 13.8 Å². The van der Waals surface area contributed by atoms with Gasteiger partial charge in [-0.3, -0.25) is 9.00 Å². The molecular weight excluding hydrogens is 262 g/mol. The molecule has 0 aromatic carbocycles. The van der Waals surface area contributed by atoms with Gasteiger partial charge in [0.25, 0.3) is 5.91 Å². The van der Waals surface area contributed by atoms with E-state index in [2.05, 4.69) is 10.3 Å². The zero-order valence-electron chi connectivity index (χ0n) is 11.8. The summed E-state index contributed by atoms with van der Waals surface area (Å²) in [5.74, 6) is 0.760. The average molecular weight is 283 g/mol. The number of hydrogen-bond acceptors (Lipinski definition) is 4. The van der Waals surface area contributed by atoms with Crippen molar-refractivity contribution in [1.82, 2.24) is 10.3 Å². The molecule has 0 spiro atoms. The van der Waals surface area contributed by atoms with Crippen LogP contribution in [0.3, 0.4) is 0 Å². The van der Waals surface area contributed by atoms with Gasteiger partial charge in [0.05, 0.1) is 0 Å². The maximum absolute atomic E-state index is 12.1. The van der Waals surface area contributed by atoms with Gasteiger partial charge in [-0.25, -0.2) is 4.98 Å². The molecule has 1 aromatic rings. The number of nitrogens with zero attached hydrogens (tertiary/aromatic N) is 1. The van der Waals surface area contributed by atoms with E-state index in [0.29, 0.717) is 17.1 Å². The van der Waals surface area contributed by atoms with Crippen molar-refractivity contribution in [2.24, 2.45) is 0 Å². The Morgan fingerprint density at radius 3 is 2.58 bits per heavy atom. The number of hydrogen-bond donors (Lipinski definition) is 2. The highest BCUT2D eigenvalue weighted by molar-refractivity contribution is 7.84. The minimum absolute atomic E-state index is 0.143. The summed E-state index contributed by atoms with van der Waals surface area (Å²) >= 11 is 0. The molecule has 1 aromatic heterocycles. The molecule has 0 bridgehead atoms. The first kappa shape index (κ1) is 15.6. The van der Waals surface area contributed by atoms with Crippen molar-refractivity contribution >= 4 is 22.5 Å². The summed E-state index contributed by atoms with van der Waals surface area (Å²) < 4.78 is 11.1. The summed E-state index contributed by atoms with van der Waals surface area (Å²) in [6.07, 6.45) is 1.62. The van der Waals surface area contributed by atoms with Crippen LogP contribution in [0, 0.1) is 0 Å². The van der Waals surface area contributed by atoms with Crippen LogP contribution in [0.15, 0.2) is 12.1 Å². The molecule has 1 heterocycles. The van der Waals surface area contributed by atoms with Crippen LogP contribution >= 0.6 is 0 Å². The number of aromatic nitrogens is 1. The number of nitrogen functional groups attached to an aromatic ring is 1. The van der Waals surface area contributed by atoms with Crippen molar-refractivity contribution in [3.63, 3.8) is 0 Å².